The number of alkyl carbamates (subject to hydrolysis) is 1. The summed E-state index contributed by atoms with van der Waals surface area (Å²) in [5.74, 6) is -1.51. The van der Waals surface area contributed by atoms with Crippen LogP contribution in [0.1, 0.15) is 62.5 Å². The van der Waals surface area contributed by atoms with E-state index in [1.807, 2.05) is 24.3 Å². The third-order valence-corrected chi connectivity index (χ3v) is 7.12. The molecule has 7 nitrogen and oxygen atoms in total. The highest BCUT2D eigenvalue weighted by Gasteiger charge is 2.31. The van der Waals surface area contributed by atoms with Gasteiger partial charge in [0.25, 0.3) is 0 Å². The number of unbranched alkanes of at least 4 members (excludes halogenated alkanes) is 1. The first-order valence-electron chi connectivity index (χ1n) is 12.6. The van der Waals surface area contributed by atoms with Gasteiger partial charge in [-0.3, -0.25) is 9.59 Å². The summed E-state index contributed by atoms with van der Waals surface area (Å²) in [6, 6.07) is 16.0. The van der Waals surface area contributed by atoms with Crippen LogP contribution in [-0.4, -0.2) is 53.7 Å². The quantitative estimate of drug-likeness (QED) is 0.540. The van der Waals surface area contributed by atoms with Crippen LogP contribution in [0.3, 0.4) is 0 Å². The molecule has 7 heteroatoms. The second-order valence-corrected chi connectivity index (χ2v) is 9.53. The number of aliphatic carboxylic acids is 1. The highest BCUT2D eigenvalue weighted by Crippen LogP contribution is 2.44. The van der Waals surface area contributed by atoms with Gasteiger partial charge in [-0.1, -0.05) is 68.3 Å². The molecule has 2 aliphatic rings. The molecule has 0 saturated carbocycles. The molecule has 0 bridgehead atoms. The van der Waals surface area contributed by atoms with Crippen LogP contribution >= 0.6 is 0 Å². The molecule has 2 aromatic carbocycles. The van der Waals surface area contributed by atoms with E-state index in [-0.39, 0.29) is 37.4 Å². The number of hydrogen-bond acceptors (Lipinski definition) is 4. The van der Waals surface area contributed by atoms with E-state index in [4.69, 9.17) is 4.74 Å². The lowest BCUT2D eigenvalue weighted by molar-refractivity contribution is -0.145. The Balaban J connectivity index is 1.36. The lowest BCUT2D eigenvalue weighted by Gasteiger charge is -2.32. The number of nitrogens with one attached hydrogen (secondary N) is 1. The summed E-state index contributed by atoms with van der Waals surface area (Å²) in [6.45, 7) is 3.09. The molecule has 1 aliphatic carbocycles. The predicted octanol–water partition coefficient (Wildman–Crippen LogP) is 4.80. The molecule has 2 atom stereocenters. The lowest BCUT2D eigenvalue weighted by atomic mass is 9.97. The van der Waals surface area contributed by atoms with Crippen molar-refractivity contribution >= 4 is 18.0 Å². The van der Waals surface area contributed by atoms with Crippen molar-refractivity contribution in [2.45, 2.75) is 57.4 Å². The fraction of sp³-hybridized carbons (Fsp3) is 0.464. The summed E-state index contributed by atoms with van der Waals surface area (Å²) in [5.41, 5.74) is 4.64. The standard InChI is InChI=1S/C28H34N2O5/c1-2-3-10-20(16-26(31)30-15-8-9-19(17-30)27(32)33)29-28(34)35-18-25-23-13-6-4-11-21(23)22-12-5-7-14-24(22)25/h4-7,11-14,19-20,25H,2-3,8-10,15-18H2,1H3,(H,29,34)(H,32,33)/t19-,20+/m1/s1. The molecule has 4 rings (SSSR count). The van der Waals surface area contributed by atoms with Gasteiger partial charge in [-0.2, -0.15) is 0 Å². The van der Waals surface area contributed by atoms with Crippen molar-refractivity contribution in [3.05, 3.63) is 59.7 Å². The number of carboxylic acids is 1. The molecule has 0 aromatic heterocycles. The molecule has 1 aliphatic heterocycles. The summed E-state index contributed by atoms with van der Waals surface area (Å²) in [6.07, 6.45) is 3.39. The number of carboxylic acid groups (broad SMARTS) is 1. The highest BCUT2D eigenvalue weighted by molar-refractivity contribution is 5.80. The predicted molar refractivity (Wildman–Crippen MR) is 133 cm³/mol. The fourth-order valence-corrected chi connectivity index (χ4v) is 5.23. The average Bonchev–Trinajstić information content (AvgIpc) is 3.19. The second-order valence-electron chi connectivity index (χ2n) is 9.53. The SMILES string of the molecule is CCCC[C@@H](CC(=O)N1CCC[C@@H](C(=O)O)C1)NC(=O)OCC1c2ccccc2-c2ccccc21. The van der Waals surface area contributed by atoms with Crippen LogP contribution in [0, 0.1) is 5.92 Å². The zero-order chi connectivity index (χ0) is 24.8. The van der Waals surface area contributed by atoms with Crippen LogP contribution < -0.4 is 5.32 Å². The van der Waals surface area contributed by atoms with Crippen LogP contribution in [0.5, 0.6) is 0 Å². The fourth-order valence-electron chi connectivity index (χ4n) is 5.23. The van der Waals surface area contributed by atoms with Gasteiger partial charge in [0.05, 0.1) is 5.92 Å². The smallest absolute Gasteiger partial charge is 0.407 e. The summed E-state index contributed by atoms with van der Waals surface area (Å²) < 4.78 is 5.67. The van der Waals surface area contributed by atoms with Crippen molar-refractivity contribution in [3.63, 3.8) is 0 Å². The van der Waals surface area contributed by atoms with Gasteiger partial charge in [-0.25, -0.2) is 4.79 Å². The maximum Gasteiger partial charge on any atom is 0.407 e. The van der Waals surface area contributed by atoms with Gasteiger partial charge >= 0.3 is 12.1 Å². The Labute approximate surface area is 206 Å². The van der Waals surface area contributed by atoms with E-state index < -0.39 is 18.0 Å². The van der Waals surface area contributed by atoms with Crippen LogP contribution in [0.15, 0.2) is 48.5 Å². The topological polar surface area (TPSA) is 95.9 Å². The molecule has 2 aromatic rings. The Bertz CT molecular complexity index is 1020. The van der Waals surface area contributed by atoms with Gasteiger partial charge in [0.2, 0.25) is 5.91 Å². The number of amides is 2. The first-order valence-corrected chi connectivity index (χ1v) is 12.6. The van der Waals surface area contributed by atoms with Crippen LogP contribution in [0.25, 0.3) is 11.1 Å². The maximum absolute atomic E-state index is 12.9. The summed E-state index contributed by atoms with van der Waals surface area (Å²) in [4.78, 5) is 38.6. The Hall–Kier alpha value is -3.35. The zero-order valence-electron chi connectivity index (χ0n) is 20.2. The van der Waals surface area contributed by atoms with E-state index in [1.54, 1.807) is 4.90 Å². The molecule has 2 amide bonds. The molecule has 0 spiro atoms. The molecule has 1 saturated heterocycles. The van der Waals surface area contributed by atoms with Crippen molar-refractivity contribution < 1.29 is 24.2 Å². The van der Waals surface area contributed by atoms with Crippen molar-refractivity contribution in [3.8, 4) is 11.1 Å². The van der Waals surface area contributed by atoms with E-state index in [2.05, 4.69) is 36.5 Å². The first kappa shape index (κ1) is 24.8. The Morgan fingerprint density at radius 1 is 1.09 bits per heavy atom. The van der Waals surface area contributed by atoms with Crippen molar-refractivity contribution in [2.24, 2.45) is 5.92 Å². The number of hydrogen-bond donors (Lipinski definition) is 2. The zero-order valence-corrected chi connectivity index (χ0v) is 20.2. The van der Waals surface area contributed by atoms with E-state index in [1.165, 1.54) is 11.1 Å². The normalized spacial score (nSPS) is 17.9. The van der Waals surface area contributed by atoms with E-state index >= 15 is 0 Å². The molecule has 1 heterocycles. The number of carbonyl (C=O) groups is 3. The molecular weight excluding hydrogens is 444 g/mol. The summed E-state index contributed by atoms with van der Waals surface area (Å²) >= 11 is 0. The molecule has 1 fully saturated rings. The molecule has 0 unspecified atom stereocenters. The minimum atomic E-state index is -0.859. The van der Waals surface area contributed by atoms with Gasteiger partial charge < -0.3 is 20.1 Å². The number of likely N-dealkylation sites (tertiary alicyclic amines) is 1. The minimum Gasteiger partial charge on any atom is -0.481 e. The monoisotopic (exact) mass is 478 g/mol. The van der Waals surface area contributed by atoms with Crippen molar-refractivity contribution in [1.29, 1.82) is 0 Å². The molecule has 35 heavy (non-hydrogen) atoms. The molecule has 0 radical (unpaired) electrons. The van der Waals surface area contributed by atoms with Crippen LogP contribution in [0.4, 0.5) is 4.79 Å². The van der Waals surface area contributed by atoms with Gasteiger partial charge in [0.15, 0.2) is 0 Å². The van der Waals surface area contributed by atoms with Gasteiger partial charge in [-0.05, 0) is 41.5 Å². The number of rotatable bonds is 9. The third kappa shape index (κ3) is 5.84. The minimum absolute atomic E-state index is 0.0230. The second kappa shape index (κ2) is 11.4. The Morgan fingerprint density at radius 2 is 1.74 bits per heavy atom. The van der Waals surface area contributed by atoms with Crippen molar-refractivity contribution in [2.75, 3.05) is 19.7 Å². The summed E-state index contributed by atoms with van der Waals surface area (Å²) in [5, 5.41) is 12.2. The van der Waals surface area contributed by atoms with Gasteiger partial charge in [-0.15, -0.1) is 0 Å². The highest BCUT2D eigenvalue weighted by atomic mass is 16.5. The first-order chi connectivity index (χ1) is 17.0. The van der Waals surface area contributed by atoms with Crippen LogP contribution in [0.2, 0.25) is 0 Å². The number of carbonyl (C=O) groups excluding carboxylic acids is 2. The number of ether oxygens (including phenoxy) is 1. The number of fused-ring (bicyclic) bond motifs is 3. The van der Waals surface area contributed by atoms with Gasteiger partial charge in [0.1, 0.15) is 6.61 Å². The van der Waals surface area contributed by atoms with Crippen molar-refractivity contribution in [1.82, 2.24) is 10.2 Å². The third-order valence-electron chi connectivity index (χ3n) is 7.12. The van der Waals surface area contributed by atoms with E-state index in [9.17, 15) is 19.5 Å². The molecular formula is C28H34N2O5. The maximum atomic E-state index is 12.9. The largest absolute Gasteiger partial charge is 0.481 e. The Morgan fingerprint density at radius 3 is 2.37 bits per heavy atom. The lowest BCUT2D eigenvalue weighted by Crippen LogP contribution is -2.45. The molecule has 186 valence electrons. The summed E-state index contributed by atoms with van der Waals surface area (Å²) in [7, 11) is 0. The van der Waals surface area contributed by atoms with E-state index in [0.717, 1.165) is 24.0 Å². The average molecular weight is 479 g/mol. The van der Waals surface area contributed by atoms with Crippen LogP contribution in [-0.2, 0) is 14.3 Å². The van der Waals surface area contributed by atoms with Gasteiger partial charge in [0, 0.05) is 31.5 Å². The molecule has 2 N–H and O–H groups in total. The number of benzene rings is 2. The number of nitrogens with zero attached hydrogens (tertiary/aromatic N) is 1. The van der Waals surface area contributed by atoms with E-state index in [0.29, 0.717) is 25.8 Å². The Kier molecular flexibility index (Phi) is 8.06. The number of piperidine rings is 1.